The Morgan fingerprint density at radius 3 is 2.65 bits per heavy atom. The van der Waals surface area contributed by atoms with Crippen molar-refractivity contribution >= 4 is 11.6 Å². The normalized spacial score (nSPS) is 26.7. The quantitative estimate of drug-likeness (QED) is 0.814. The molecule has 0 aromatic heterocycles. The van der Waals surface area contributed by atoms with E-state index >= 15 is 0 Å². The first-order chi connectivity index (χ1) is 9.47. The topological polar surface area (TPSA) is 12.0 Å². The van der Waals surface area contributed by atoms with Gasteiger partial charge in [-0.15, -0.1) is 0 Å². The first-order valence-corrected chi connectivity index (χ1v) is 8.39. The molecule has 0 bridgehead atoms. The average Bonchev–Trinajstić information content (AvgIpc) is 2.98. The minimum Gasteiger partial charge on any atom is -0.307 e. The van der Waals surface area contributed by atoms with Gasteiger partial charge in [0.05, 0.1) is 0 Å². The zero-order chi connectivity index (χ0) is 14.3. The largest absolute Gasteiger partial charge is 0.307 e. The van der Waals surface area contributed by atoms with Crippen molar-refractivity contribution in [3.05, 3.63) is 34.3 Å². The van der Waals surface area contributed by atoms with E-state index < -0.39 is 0 Å². The molecule has 0 amide bonds. The number of halogens is 1. The molecule has 0 aliphatic heterocycles. The molecule has 3 rings (SSSR count). The number of hydrogen-bond acceptors (Lipinski definition) is 1. The minimum atomic E-state index is 0.278. The molecular formula is C18H26ClN. The SMILES string of the molecule is CC(NC1c2cc(Cl)ccc2CC1(C)C)C1CCCC1. The van der Waals surface area contributed by atoms with Crippen LogP contribution in [-0.4, -0.2) is 6.04 Å². The maximum Gasteiger partial charge on any atom is 0.0409 e. The van der Waals surface area contributed by atoms with Crippen LogP contribution < -0.4 is 5.32 Å². The van der Waals surface area contributed by atoms with Crippen molar-refractivity contribution in [2.45, 2.75) is 65.0 Å². The highest BCUT2D eigenvalue weighted by atomic mass is 35.5. The van der Waals surface area contributed by atoms with E-state index in [0.29, 0.717) is 12.1 Å². The maximum absolute atomic E-state index is 6.22. The molecule has 0 radical (unpaired) electrons. The van der Waals surface area contributed by atoms with Gasteiger partial charge in [-0.2, -0.15) is 0 Å². The molecule has 2 unspecified atom stereocenters. The summed E-state index contributed by atoms with van der Waals surface area (Å²) in [6, 6.07) is 7.45. The van der Waals surface area contributed by atoms with Crippen LogP contribution in [0.3, 0.4) is 0 Å². The lowest BCUT2D eigenvalue weighted by Gasteiger charge is -2.33. The Morgan fingerprint density at radius 2 is 1.95 bits per heavy atom. The first-order valence-electron chi connectivity index (χ1n) is 8.02. The van der Waals surface area contributed by atoms with Gasteiger partial charge in [-0.1, -0.05) is 44.4 Å². The van der Waals surface area contributed by atoms with Crippen LogP contribution in [0.2, 0.25) is 5.02 Å². The van der Waals surface area contributed by atoms with Gasteiger partial charge in [0.25, 0.3) is 0 Å². The van der Waals surface area contributed by atoms with E-state index in [1.807, 2.05) is 6.07 Å². The second-order valence-corrected chi connectivity index (χ2v) is 7.88. The fraction of sp³-hybridized carbons (Fsp3) is 0.667. The number of nitrogens with one attached hydrogen (secondary N) is 1. The van der Waals surface area contributed by atoms with Crippen molar-refractivity contribution in [2.24, 2.45) is 11.3 Å². The molecule has 110 valence electrons. The third-order valence-electron chi connectivity index (χ3n) is 5.38. The summed E-state index contributed by atoms with van der Waals surface area (Å²) in [5.41, 5.74) is 3.17. The predicted octanol–water partition coefficient (Wildman–Crippen LogP) is 5.13. The van der Waals surface area contributed by atoms with Crippen LogP contribution >= 0.6 is 11.6 Å². The van der Waals surface area contributed by atoms with Gasteiger partial charge in [0, 0.05) is 17.1 Å². The highest BCUT2D eigenvalue weighted by Gasteiger charge is 2.40. The molecule has 1 saturated carbocycles. The highest BCUT2D eigenvalue weighted by Crippen LogP contribution is 2.46. The van der Waals surface area contributed by atoms with Crippen LogP contribution in [0.15, 0.2) is 18.2 Å². The van der Waals surface area contributed by atoms with Gasteiger partial charge in [-0.25, -0.2) is 0 Å². The van der Waals surface area contributed by atoms with E-state index in [4.69, 9.17) is 11.6 Å². The molecule has 2 aliphatic carbocycles. The van der Waals surface area contributed by atoms with Crippen molar-refractivity contribution in [1.29, 1.82) is 0 Å². The maximum atomic E-state index is 6.22. The third-order valence-corrected chi connectivity index (χ3v) is 5.62. The molecule has 2 atom stereocenters. The average molecular weight is 292 g/mol. The van der Waals surface area contributed by atoms with Crippen molar-refractivity contribution in [1.82, 2.24) is 5.32 Å². The lowest BCUT2D eigenvalue weighted by molar-refractivity contribution is 0.226. The van der Waals surface area contributed by atoms with Gasteiger partial charge < -0.3 is 5.32 Å². The minimum absolute atomic E-state index is 0.278. The summed E-state index contributed by atoms with van der Waals surface area (Å²) in [4.78, 5) is 0. The molecule has 1 nitrogen and oxygen atoms in total. The second-order valence-electron chi connectivity index (χ2n) is 7.44. The van der Waals surface area contributed by atoms with Crippen LogP contribution in [-0.2, 0) is 6.42 Å². The van der Waals surface area contributed by atoms with Crippen molar-refractivity contribution < 1.29 is 0 Å². The molecule has 20 heavy (non-hydrogen) atoms. The van der Waals surface area contributed by atoms with E-state index in [9.17, 15) is 0 Å². The summed E-state index contributed by atoms with van der Waals surface area (Å²) in [6.45, 7) is 7.12. The highest BCUT2D eigenvalue weighted by molar-refractivity contribution is 6.30. The Labute approximate surface area is 128 Å². The predicted molar refractivity (Wildman–Crippen MR) is 86.2 cm³/mol. The smallest absolute Gasteiger partial charge is 0.0409 e. The Hall–Kier alpha value is -0.530. The van der Waals surface area contributed by atoms with Gasteiger partial charge in [-0.3, -0.25) is 0 Å². The molecular weight excluding hydrogens is 266 g/mol. The molecule has 1 aromatic carbocycles. The summed E-state index contributed by atoms with van der Waals surface area (Å²) in [6.07, 6.45) is 6.75. The Kier molecular flexibility index (Phi) is 3.85. The molecule has 1 aromatic rings. The standard InChI is InChI=1S/C18H26ClN/c1-12(13-6-4-5-7-13)20-17-16-10-15(19)9-8-14(16)11-18(17,2)3/h8-10,12-13,17,20H,4-7,11H2,1-3H3. The lowest BCUT2D eigenvalue weighted by atomic mass is 9.84. The summed E-state index contributed by atoms with van der Waals surface area (Å²) in [5.74, 6) is 0.856. The molecule has 2 heteroatoms. The molecule has 0 saturated heterocycles. The van der Waals surface area contributed by atoms with Gasteiger partial charge in [0.2, 0.25) is 0 Å². The summed E-state index contributed by atoms with van der Waals surface area (Å²) in [5, 5.41) is 4.80. The van der Waals surface area contributed by atoms with Crippen LogP contribution in [0, 0.1) is 11.3 Å². The number of benzene rings is 1. The van der Waals surface area contributed by atoms with E-state index in [2.05, 4.69) is 38.2 Å². The van der Waals surface area contributed by atoms with Crippen LogP contribution in [0.5, 0.6) is 0 Å². The Bertz CT molecular complexity index is 488. The van der Waals surface area contributed by atoms with Gasteiger partial charge in [0.15, 0.2) is 0 Å². The first kappa shape index (κ1) is 14.4. The van der Waals surface area contributed by atoms with Gasteiger partial charge in [0.1, 0.15) is 0 Å². The Balaban J connectivity index is 1.82. The number of fused-ring (bicyclic) bond motifs is 1. The molecule has 0 heterocycles. The van der Waals surface area contributed by atoms with Crippen molar-refractivity contribution in [3.63, 3.8) is 0 Å². The van der Waals surface area contributed by atoms with E-state index in [1.165, 1.54) is 36.8 Å². The Morgan fingerprint density at radius 1 is 1.25 bits per heavy atom. The monoisotopic (exact) mass is 291 g/mol. The van der Waals surface area contributed by atoms with E-state index in [1.54, 1.807) is 0 Å². The number of rotatable bonds is 3. The van der Waals surface area contributed by atoms with Crippen molar-refractivity contribution in [3.8, 4) is 0 Å². The van der Waals surface area contributed by atoms with Crippen LogP contribution in [0.4, 0.5) is 0 Å². The number of hydrogen-bond donors (Lipinski definition) is 1. The molecule has 1 N–H and O–H groups in total. The van der Waals surface area contributed by atoms with E-state index in [-0.39, 0.29) is 5.41 Å². The van der Waals surface area contributed by atoms with E-state index in [0.717, 1.165) is 17.4 Å². The van der Waals surface area contributed by atoms with Crippen LogP contribution in [0.25, 0.3) is 0 Å². The lowest BCUT2D eigenvalue weighted by Crippen LogP contribution is -2.40. The third kappa shape index (κ3) is 2.63. The zero-order valence-electron chi connectivity index (χ0n) is 12.9. The van der Waals surface area contributed by atoms with Crippen LogP contribution in [0.1, 0.15) is 63.6 Å². The summed E-state index contributed by atoms with van der Waals surface area (Å²) >= 11 is 6.22. The fourth-order valence-corrected chi connectivity index (χ4v) is 4.36. The fourth-order valence-electron chi connectivity index (χ4n) is 4.18. The summed E-state index contributed by atoms with van der Waals surface area (Å²) in [7, 11) is 0. The molecule has 2 aliphatic rings. The molecule has 0 spiro atoms. The zero-order valence-corrected chi connectivity index (χ0v) is 13.6. The van der Waals surface area contributed by atoms with Crippen molar-refractivity contribution in [2.75, 3.05) is 0 Å². The van der Waals surface area contributed by atoms with Gasteiger partial charge in [-0.05, 0) is 60.8 Å². The molecule has 1 fully saturated rings. The summed E-state index contributed by atoms with van der Waals surface area (Å²) < 4.78 is 0. The van der Waals surface area contributed by atoms with Gasteiger partial charge >= 0.3 is 0 Å². The second kappa shape index (κ2) is 5.35.